The Bertz CT molecular complexity index is 183. The van der Waals surface area contributed by atoms with E-state index in [1.807, 2.05) is 0 Å². The van der Waals surface area contributed by atoms with Crippen molar-refractivity contribution in [1.29, 1.82) is 0 Å². The van der Waals surface area contributed by atoms with E-state index < -0.39 is 5.97 Å². The lowest BCUT2D eigenvalue weighted by Crippen LogP contribution is -2.02. The quantitative estimate of drug-likeness (QED) is 0.471. The number of rotatable bonds is 3. The second-order valence-corrected chi connectivity index (χ2v) is 1.83. The van der Waals surface area contributed by atoms with Crippen molar-refractivity contribution in [1.82, 2.24) is 0 Å². The zero-order chi connectivity index (χ0) is 7.98. The Morgan fingerprint density at radius 1 is 1.90 bits per heavy atom. The monoisotopic (exact) mass is 138 g/mol. The smallest absolute Gasteiger partial charge is 0.304 e. The Labute approximate surface area is 60.6 Å². The first-order valence-corrected chi connectivity index (χ1v) is 2.97. The highest BCUT2D eigenvalue weighted by atomic mass is 16.4. The Kier molecular flexibility index (Phi) is 4.06. The zero-order valence-corrected chi connectivity index (χ0v) is 5.92. The van der Waals surface area contributed by atoms with Crippen LogP contribution in [0.3, 0.4) is 0 Å². The van der Waals surface area contributed by atoms with Gasteiger partial charge in [0.25, 0.3) is 0 Å². The maximum Gasteiger partial charge on any atom is 0.304 e. The van der Waals surface area contributed by atoms with Gasteiger partial charge in [0.2, 0.25) is 0 Å². The Morgan fingerprint density at radius 3 is 2.80 bits per heavy atom. The summed E-state index contributed by atoms with van der Waals surface area (Å²) in [5.74, 6) is 4.31. The lowest BCUT2D eigenvalue weighted by atomic mass is 10.1. The summed E-state index contributed by atoms with van der Waals surface area (Å²) in [5.41, 5.74) is 0. The van der Waals surface area contributed by atoms with Crippen molar-refractivity contribution in [2.24, 2.45) is 5.92 Å². The van der Waals surface area contributed by atoms with Crippen LogP contribution in [0.1, 0.15) is 13.3 Å². The lowest BCUT2D eigenvalue weighted by Gasteiger charge is -1.97. The molecule has 0 aliphatic heterocycles. The first-order chi connectivity index (χ1) is 4.70. The predicted molar refractivity (Wildman–Crippen MR) is 39.4 cm³/mol. The van der Waals surface area contributed by atoms with Crippen molar-refractivity contribution < 1.29 is 9.90 Å². The van der Waals surface area contributed by atoms with Gasteiger partial charge in [0, 0.05) is 5.92 Å². The van der Waals surface area contributed by atoms with Gasteiger partial charge in [0.1, 0.15) is 0 Å². The summed E-state index contributed by atoms with van der Waals surface area (Å²) < 4.78 is 0. The molecule has 1 atom stereocenters. The van der Waals surface area contributed by atoms with Crippen LogP contribution >= 0.6 is 0 Å². The Balaban J connectivity index is 3.91. The van der Waals surface area contributed by atoms with E-state index >= 15 is 0 Å². The fraction of sp³-hybridized carbons (Fsp3) is 0.375. The largest absolute Gasteiger partial charge is 0.481 e. The fourth-order valence-electron chi connectivity index (χ4n) is 0.567. The molecule has 0 spiro atoms. The van der Waals surface area contributed by atoms with Crippen LogP contribution in [0.25, 0.3) is 0 Å². The van der Waals surface area contributed by atoms with Crippen molar-refractivity contribution in [3.8, 4) is 11.8 Å². The lowest BCUT2D eigenvalue weighted by molar-refractivity contribution is -0.137. The van der Waals surface area contributed by atoms with E-state index in [1.54, 1.807) is 13.0 Å². The molecule has 0 aromatic carbocycles. The van der Waals surface area contributed by atoms with Gasteiger partial charge in [-0.15, -0.1) is 12.5 Å². The van der Waals surface area contributed by atoms with Crippen LogP contribution in [0, 0.1) is 17.8 Å². The topological polar surface area (TPSA) is 37.3 Å². The molecule has 0 aliphatic carbocycles. The van der Waals surface area contributed by atoms with Crippen molar-refractivity contribution in [2.45, 2.75) is 13.3 Å². The van der Waals surface area contributed by atoms with Crippen LogP contribution in [0.15, 0.2) is 12.7 Å². The third kappa shape index (κ3) is 3.73. The minimum atomic E-state index is -0.840. The highest BCUT2D eigenvalue weighted by Crippen LogP contribution is 2.01. The van der Waals surface area contributed by atoms with Gasteiger partial charge in [-0.25, -0.2) is 0 Å². The molecule has 2 nitrogen and oxygen atoms in total. The van der Waals surface area contributed by atoms with Crippen molar-refractivity contribution in [3.63, 3.8) is 0 Å². The molecule has 2 heteroatoms. The molecular weight excluding hydrogens is 128 g/mol. The summed E-state index contributed by atoms with van der Waals surface area (Å²) in [5, 5.41) is 8.33. The Hall–Kier alpha value is -1.23. The molecule has 10 heavy (non-hydrogen) atoms. The van der Waals surface area contributed by atoms with E-state index in [0.717, 1.165) is 0 Å². The highest BCUT2D eigenvalue weighted by Gasteiger charge is 2.04. The van der Waals surface area contributed by atoms with Gasteiger partial charge in [0.15, 0.2) is 0 Å². The highest BCUT2D eigenvalue weighted by molar-refractivity contribution is 5.67. The van der Waals surface area contributed by atoms with E-state index in [-0.39, 0.29) is 12.3 Å². The number of hydrogen-bond acceptors (Lipinski definition) is 1. The number of aliphatic carboxylic acids is 1. The molecule has 0 heterocycles. The molecule has 0 radical (unpaired) electrons. The standard InChI is InChI=1S/C8H10O2/c1-3-5-7(4-2)6-8(9)10/h4,7H,2,6H2,1H3,(H,9,10). The number of allylic oxidation sites excluding steroid dienone is 1. The van der Waals surface area contributed by atoms with Crippen LogP contribution in [-0.2, 0) is 4.79 Å². The van der Waals surface area contributed by atoms with Gasteiger partial charge in [-0.05, 0) is 6.92 Å². The third-order valence-electron chi connectivity index (χ3n) is 1.01. The number of carboxylic acids is 1. The zero-order valence-electron chi connectivity index (χ0n) is 5.92. The maximum atomic E-state index is 10.1. The molecule has 0 aliphatic rings. The van der Waals surface area contributed by atoms with Crippen LogP contribution in [-0.4, -0.2) is 11.1 Å². The van der Waals surface area contributed by atoms with Crippen LogP contribution in [0.4, 0.5) is 0 Å². The second kappa shape index (κ2) is 4.63. The molecule has 0 saturated carbocycles. The van der Waals surface area contributed by atoms with E-state index in [2.05, 4.69) is 18.4 Å². The van der Waals surface area contributed by atoms with Crippen LogP contribution in [0.5, 0.6) is 0 Å². The molecule has 1 unspecified atom stereocenters. The normalized spacial score (nSPS) is 10.9. The molecule has 0 bridgehead atoms. The number of carboxylic acid groups (broad SMARTS) is 1. The molecule has 1 N–H and O–H groups in total. The summed E-state index contributed by atoms with van der Waals surface area (Å²) in [6.07, 6.45) is 1.59. The first-order valence-electron chi connectivity index (χ1n) is 2.97. The van der Waals surface area contributed by atoms with Crippen molar-refractivity contribution >= 4 is 5.97 Å². The average Bonchev–Trinajstić information content (AvgIpc) is 1.86. The van der Waals surface area contributed by atoms with E-state index in [1.165, 1.54) is 0 Å². The SMILES string of the molecule is C=CC(C#CC)CC(=O)O. The van der Waals surface area contributed by atoms with E-state index in [4.69, 9.17) is 5.11 Å². The molecule has 0 rings (SSSR count). The van der Waals surface area contributed by atoms with Crippen molar-refractivity contribution in [3.05, 3.63) is 12.7 Å². The summed E-state index contributed by atoms with van der Waals surface area (Å²) in [6, 6.07) is 0. The van der Waals surface area contributed by atoms with Gasteiger partial charge in [-0.3, -0.25) is 4.79 Å². The van der Waals surface area contributed by atoms with Crippen molar-refractivity contribution in [2.75, 3.05) is 0 Å². The minimum Gasteiger partial charge on any atom is -0.481 e. The molecule has 0 aromatic rings. The van der Waals surface area contributed by atoms with Gasteiger partial charge in [-0.1, -0.05) is 12.0 Å². The summed E-state index contributed by atoms with van der Waals surface area (Å²) in [7, 11) is 0. The van der Waals surface area contributed by atoms with Gasteiger partial charge in [0.05, 0.1) is 6.42 Å². The van der Waals surface area contributed by atoms with E-state index in [9.17, 15) is 4.79 Å². The van der Waals surface area contributed by atoms with Crippen LogP contribution in [0.2, 0.25) is 0 Å². The Morgan fingerprint density at radius 2 is 2.50 bits per heavy atom. The first kappa shape index (κ1) is 8.77. The maximum absolute atomic E-state index is 10.1. The summed E-state index contributed by atoms with van der Waals surface area (Å²) in [4.78, 5) is 10.1. The number of hydrogen-bond donors (Lipinski definition) is 1. The minimum absolute atomic E-state index is 0.0460. The average molecular weight is 138 g/mol. The predicted octanol–water partition coefficient (Wildman–Crippen LogP) is 1.29. The van der Waals surface area contributed by atoms with E-state index in [0.29, 0.717) is 0 Å². The molecule has 0 saturated heterocycles. The van der Waals surface area contributed by atoms with Gasteiger partial charge < -0.3 is 5.11 Å². The molecule has 0 amide bonds. The second-order valence-electron chi connectivity index (χ2n) is 1.83. The number of carbonyl (C=O) groups is 1. The van der Waals surface area contributed by atoms with Crippen LogP contribution < -0.4 is 0 Å². The van der Waals surface area contributed by atoms with Gasteiger partial charge in [-0.2, -0.15) is 0 Å². The third-order valence-corrected chi connectivity index (χ3v) is 1.01. The summed E-state index contributed by atoms with van der Waals surface area (Å²) >= 11 is 0. The molecule has 0 aromatic heterocycles. The van der Waals surface area contributed by atoms with Gasteiger partial charge >= 0.3 is 5.97 Å². The molecular formula is C8H10O2. The fourth-order valence-corrected chi connectivity index (χ4v) is 0.567. The summed E-state index contributed by atoms with van der Waals surface area (Å²) in [6.45, 7) is 5.15. The molecule has 0 fully saturated rings. The molecule has 54 valence electrons.